The molecular formula is C23H28N2O5. The number of nitrogens with zero attached hydrogens (tertiary/aromatic N) is 1. The minimum absolute atomic E-state index is 0.218. The van der Waals surface area contributed by atoms with Crippen LogP contribution >= 0.6 is 0 Å². The van der Waals surface area contributed by atoms with Crippen LogP contribution in [-0.2, 0) is 14.3 Å². The molecule has 3 aliphatic rings. The highest BCUT2D eigenvalue weighted by Crippen LogP contribution is 2.39. The van der Waals surface area contributed by atoms with Gasteiger partial charge in [-0.1, -0.05) is 18.2 Å². The van der Waals surface area contributed by atoms with Crippen molar-refractivity contribution in [2.75, 3.05) is 13.1 Å². The molecule has 7 nitrogen and oxygen atoms in total. The second-order valence-corrected chi connectivity index (χ2v) is 9.27. The summed E-state index contributed by atoms with van der Waals surface area (Å²) in [4.78, 5) is 37.7. The van der Waals surface area contributed by atoms with E-state index in [1.165, 1.54) is 0 Å². The van der Waals surface area contributed by atoms with Gasteiger partial charge in [0.1, 0.15) is 17.0 Å². The first-order valence-electron chi connectivity index (χ1n) is 10.5. The summed E-state index contributed by atoms with van der Waals surface area (Å²) in [6, 6.07) is 5.80. The molecule has 3 heterocycles. The zero-order valence-electron chi connectivity index (χ0n) is 17.7. The number of rotatable bonds is 1. The van der Waals surface area contributed by atoms with Crippen molar-refractivity contribution in [3.8, 4) is 5.75 Å². The summed E-state index contributed by atoms with van der Waals surface area (Å²) in [5.41, 5.74) is 0.843. The zero-order valence-corrected chi connectivity index (χ0v) is 17.7. The van der Waals surface area contributed by atoms with Gasteiger partial charge >= 0.3 is 6.09 Å². The fourth-order valence-electron chi connectivity index (χ4n) is 4.16. The Morgan fingerprint density at radius 3 is 2.63 bits per heavy atom. The molecule has 4 rings (SSSR count). The van der Waals surface area contributed by atoms with Crippen LogP contribution in [0, 0.1) is 0 Å². The molecule has 1 aromatic rings. The van der Waals surface area contributed by atoms with Gasteiger partial charge in [-0.2, -0.15) is 0 Å². The van der Waals surface area contributed by atoms with Crippen molar-refractivity contribution in [3.63, 3.8) is 0 Å². The average molecular weight is 412 g/mol. The monoisotopic (exact) mass is 412 g/mol. The third-order valence-corrected chi connectivity index (χ3v) is 5.82. The number of amides is 3. The molecule has 7 heteroatoms. The predicted molar refractivity (Wildman–Crippen MR) is 111 cm³/mol. The Morgan fingerprint density at radius 1 is 1.23 bits per heavy atom. The second kappa shape index (κ2) is 7.45. The van der Waals surface area contributed by atoms with E-state index in [-0.39, 0.29) is 23.8 Å². The SMILES string of the molecule is CC(C)(C)OC(=O)N1CCC2(C=Cc3ccc(C4CCC(=O)NC4=O)cc3O2)CC1. The van der Waals surface area contributed by atoms with E-state index >= 15 is 0 Å². The predicted octanol–water partition coefficient (Wildman–Crippen LogP) is 3.38. The average Bonchev–Trinajstić information content (AvgIpc) is 2.66. The lowest BCUT2D eigenvalue weighted by Crippen LogP contribution is -2.50. The molecule has 1 spiro atoms. The van der Waals surface area contributed by atoms with E-state index in [9.17, 15) is 14.4 Å². The Balaban J connectivity index is 1.45. The van der Waals surface area contributed by atoms with Gasteiger partial charge < -0.3 is 14.4 Å². The van der Waals surface area contributed by atoms with Crippen LogP contribution in [0.2, 0.25) is 0 Å². The number of likely N-dealkylation sites (tertiary alicyclic amines) is 1. The number of ether oxygens (including phenoxy) is 2. The maximum absolute atomic E-state index is 12.3. The molecule has 0 bridgehead atoms. The molecule has 1 atom stereocenters. The summed E-state index contributed by atoms with van der Waals surface area (Å²) in [7, 11) is 0. The van der Waals surface area contributed by atoms with Crippen molar-refractivity contribution in [1.82, 2.24) is 10.2 Å². The highest BCUT2D eigenvalue weighted by molar-refractivity contribution is 6.01. The maximum atomic E-state index is 12.3. The van der Waals surface area contributed by atoms with Crippen LogP contribution in [-0.4, -0.2) is 47.1 Å². The number of piperidine rings is 2. The first-order valence-corrected chi connectivity index (χ1v) is 10.5. The first kappa shape index (κ1) is 20.4. The summed E-state index contributed by atoms with van der Waals surface area (Å²) in [5.74, 6) is -0.0695. The molecule has 160 valence electrons. The van der Waals surface area contributed by atoms with Gasteiger partial charge in [0.25, 0.3) is 0 Å². The molecule has 0 saturated carbocycles. The van der Waals surface area contributed by atoms with Gasteiger partial charge in [-0.25, -0.2) is 4.79 Å². The Kier molecular flexibility index (Phi) is 5.08. The van der Waals surface area contributed by atoms with E-state index in [1.807, 2.05) is 39.0 Å². The Labute approximate surface area is 176 Å². The van der Waals surface area contributed by atoms with E-state index in [0.717, 1.165) is 16.9 Å². The normalized spacial score (nSPS) is 22.9. The van der Waals surface area contributed by atoms with Crippen LogP contribution in [0.5, 0.6) is 5.75 Å². The van der Waals surface area contributed by atoms with E-state index in [0.29, 0.717) is 38.8 Å². The smallest absolute Gasteiger partial charge is 0.410 e. The second-order valence-electron chi connectivity index (χ2n) is 9.27. The maximum Gasteiger partial charge on any atom is 0.410 e. The third-order valence-electron chi connectivity index (χ3n) is 5.82. The number of carbonyl (C=O) groups is 3. The molecule has 1 aromatic carbocycles. The van der Waals surface area contributed by atoms with Crippen molar-refractivity contribution in [2.24, 2.45) is 0 Å². The van der Waals surface area contributed by atoms with Crippen molar-refractivity contribution in [2.45, 2.75) is 63.6 Å². The van der Waals surface area contributed by atoms with E-state index < -0.39 is 11.2 Å². The zero-order chi connectivity index (χ0) is 21.5. The summed E-state index contributed by atoms with van der Waals surface area (Å²) in [6.07, 6.45) is 6.03. The van der Waals surface area contributed by atoms with E-state index in [2.05, 4.69) is 17.5 Å². The number of fused-ring (bicyclic) bond motifs is 1. The highest BCUT2D eigenvalue weighted by atomic mass is 16.6. The van der Waals surface area contributed by atoms with Gasteiger partial charge in [-0.05, 0) is 44.9 Å². The molecule has 3 amide bonds. The quantitative estimate of drug-likeness (QED) is 0.715. The summed E-state index contributed by atoms with van der Waals surface area (Å²) in [6.45, 7) is 6.70. The fourth-order valence-corrected chi connectivity index (χ4v) is 4.16. The molecule has 1 unspecified atom stereocenters. The first-order chi connectivity index (χ1) is 14.1. The summed E-state index contributed by atoms with van der Waals surface area (Å²) in [5, 5.41) is 2.41. The molecule has 2 fully saturated rings. The van der Waals surface area contributed by atoms with Crippen LogP contribution < -0.4 is 10.1 Å². The Morgan fingerprint density at radius 2 is 1.97 bits per heavy atom. The van der Waals surface area contributed by atoms with Crippen LogP contribution in [0.1, 0.15) is 63.5 Å². The lowest BCUT2D eigenvalue weighted by Gasteiger charge is -2.42. The van der Waals surface area contributed by atoms with Gasteiger partial charge in [0, 0.05) is 37.9 Å². The van der Waals surface area contributed by atoms with Gasteiger partial charge in [0.05, 0.1) is 5.92 Å². The lowest BCUT2D eigenvalue weighted by atomic mass is 9.86. The molecule has 2 saturated heterocycles. The van der Waals surface area contributed by atoms with Gasteiger partial charge in [-0.3, -0.25) is 14.9 Å². The molecular weight excluding hydrogens is 384 g/mol. The van der Waals surface area contributed by atoms with Crippen LogP contribution in [0.25, 0.3) is 6.08 Å². The number of nitrogens with one attached hydrogen (secondary N) is 1. The molecule has 0 aliphatic carbocycles. The lowest BCUT2D eigenvalue weighted by molar-refractivity contribution is -0.134. The van der Waals surface area contributed by atoms with Gasteiger partial charge in [0.2, 0.25) is 11.8 Å². The van der Waals surface area contributed by atoms with E-state index in [1.54, 1.807) is 4.90 Å². The molecule has 1 N–H and O–H groups in total. The van der Waals surface area contributed by atoms with Crippen LogP contribution in [0.4, 0.5) is 4.79 Å². The Hall–Kier alpha value is -2.83. The highest BCUT2D eigenvalue weighted by Gasteiger charge is 2.39. The molecule has 0 radical (unpaired) electrons. The standard InChI is InChI=1S/C23H28N2O5/c1-22(2,3)30-21(28)25-12-10-23(11-13-25)9-8-15-4-5-16(14-18(15)29-23)17-6-7-19(26)24-20(17)27/h4-5,8-9,14,17H,6-7,10-13H2,1-3H3,(H,24,26,27). The van der Waals surface area contributed by atoms with E-state index in [4.69, 9.17) is 9.47 Å². The molecule has 3 aliphatic heterocycles. The van der Waals surface area contributed by atoms with Crippen molar-refractivity contribution in [3.05, 3.63) is 35.4 Å². The number of benzene rings is 1. The number of hydrogen-bond donors (Lipinski definition) is 1. The minimum atomic E-state index is -0.515. The third kappa shape index (κ3) is 4.20. The fraction of sp³-hybridized carbons (Fsp3) is 0.522. The van der Waals surface area contributed by atoms with Crippen molar-refractivity contribution in [1.29, 1.82) is 0 Å². The largest absolute Gasteiger partial charge is 0.482 e. The number of carbonyl (C=O) groups excluding carboxylic acids is 3. The topological polar surface area (TPSA) is 84.9 Å². The van der Waals surface area contributed by atoms with Gasteiger partial charge in [-0.15, -0.1) is 0 Å². The van der Waals surface area contributed by atoms with Crippen molar-refractivity contribution < 1.29 is 23.9 Å². The molecule has 30 heavy (non-hydrogen) atoms. The van der Waals surface area contributed by atoms with Crippen molar-refractivity contribution >= 4 is 24.0 Å². The molecule has 0 aromatic heterocycles. The summed E-state index contributed by atoms with van der Waals surface area (Å²) >= 11 is 0. The van der Waals surface area contributed by atoms with Crippen LogP contribution in [0.3, 0.4) is 0 Å². The van der Waals surface area contributed by atoms with Gasteiger partial charge in [0.15, 0.2) is 0 Å². The minimum Gasteiger partial charge on any atom is -0.482 e. The number of imide groups is 1. The Bertz CT molecular complexity index is 907. The summed E-state index contributed by atoms with van der Waals surface area (Å²) < 4.78 is 11.9. The number of hydrogen-bond acceptors (Lipinski definition) is 5. The van der Waals surface area contributed by atoms with Crippen LogP contribution in [0.15, 0.2) is 24.3 Å².